The quantitative estimate of drug-likeness (QED) is 0.852. The Balaban J connectivity index is 1.98. The fourth-order valence-corrected chi connectivity index (χ4v) is 3.44. The van der Waals surface area contributed by atoms with Crippen molar-refractivity contribution in [3.63, 3.8) is 0 Å². The maximum atomic E-state index is 4.59. The zero-order valence-electron chi connectivity index (χ0n) is 11.6. The number of anilines is 1. The molecule has 0 aromatic carbocycles. The first-order valence-corrected chi connectivity index (χ1v) is 7.59. The van der Waals surface area contributed by atoms with Crippen molar-refractivity contribution < 1.29 is 0 Å². The topological polar surface area (TPSA) is 31.4 Å². The zero-order chi connectivity index (χ0) is 13.0. The van der Waals surface area contributed by atoms with Crippen LogP contribution in [0.25, 0.3) is 0 Å². The van der Waals surface area contributed by atoms with Gasteiger partial charge in [-0.2, -0.15) is 0 Å². The van der Waals surface area contributed by atoms with Crippen molar-refractivity contribution in [3.8, 4) is 0 Å². The van der Waals surface area contributed by atoms with Crippen molar-refractivity contribution in [3.05, 3.63) is 11.1 Å². The van der Waals surface area contributed by atoms with Gasteiger partial charge in [-0.25, -0.2) is 4.98 Å². The maximum Gasteiger partial charge on any atom is 0.185 e. The van der Waals surface area contributed by atoms with E-state index in [9.17, 15) is 0 Å². The van der Waals surface area contributed by atoms with Gasteiger partial charge >= 0.3 is 0 Å². The van der Waals surface area contributed by atoms with Gasteiger partial charge in [-0.1, -0.05) is 6.92 Å². The molecule has 18 heavy (non-hydrogen) atoms. The molecule has 2 heterocycles. The lowest BCUT2D eigenvalue weighted by Gasteiger charge is -2.26. The van der Waals surface area contributed by atoms with Crippen LogP contribution in [0, 0.1) is 0 Å². The summed E-state index contributed by atoms with van der Waals surface area (Å²) in [6, 6.07) is 0.637. The maximum absolute atomic E-state index is 4.59. The molecule has 0 saturated carbocycles. The molecule has 1 aromatic heterocycles. The lowest BCUT2D eigenvalue weighted by Crippen LogP contribution is -2.37. The molecule has 5 heteroatoms. The summed E-state index contributed by atoms with van der Waals surface area (Å²) in [6.45, 7) is 6.38. The molecule has 1 fully saturated rings. The number of hydrogen-bond acceptors (Lipinski definition) is 5. The summed E-state index contributed by atoms with van der Waals surface area (Å²) in [5, 5.41) is 4.56. The van der Waals surface area contributed by atoms with Crippen LogP contribution in [0.5, 0.6) is 0 Å². The van der Waals surface area contributed by atoms with E-state index in [-0.39, 0.29) is 0 Å². The standard InChI is InChI=1S/C13H24N4S/c1-4-14-8-12-9-15-13(18-12)17-7-5-6-11(17)10-16(2)3/h9,11,14H,4-8,10H2,1-3H3. The molecule has 1 aromatic rings. The summed E-state index contributed by atoms with van der Waals surface area (Å²) in [4.78, 5) is 10.7. The molecule has 1 aliphatic heterocycles. The fraction of sp³-hybridized carbons (Fsp3) is 0.769. The van der Waals surface area contributed by atoms with Gasteiger partial charge in [-0.3, -0.25) is 0 Å². The summed E-state index contributed by atoms with van der Waals surface area (Å²) in [7, 11) is 4.30. The van der Waals surface area contributed by atoms with Crippen molar-refractivity contribution >= 4 is 16.5 Å². The lowest BCUT2D eigenvalue weighted by atomic mass is 10.2. The molecule has 4 nitrogen and oxygen atoms in total. The second-order valence-corrected chi connectivity index (χ2v) is 6.23. The van der Waals surface area contributed by atoms with E-state index >= 15 is 0 Å². The molecule has 1 atom stereocenters. The van der Waals surface area contributed by atoms with Crippen LogP contribution in [0.3, 0.4) is 0 Å². The third-order valence-corrected chi connectivity index (χ3v) is 4.32. The number of rotatable bonds is 6. The van der Waals surface area contributed by atoms with Gasteiger partial charge in [-0.15, -0.1) is 11.3 Å². The van der Waals surface area contributed by atoms with E-state index in [1.807, 2.05) is 17.5 Å². The Morgan fingerprint density at radius 1 is 1.56 bits per heavy atom. The van der Waals surface area contributed by atoms with Gasteiger partial charge in [0.25, 0.3) is 0 Å². The monoisotopic (exact) mass is 268 g/mol. The second kappa shape index (κ2) is 6.50. The number of nitrogens with zero attached hydrogens (tertiary/aromatic N) is 3. The number of nitrogens with one attached hydrogen (secondary N) is 1. The van der Waals surface area contributed by atoms with Crippen LogP contribution in [-0.4, -0.2) is 49.7 Å². The molecular formula is C13H24N4S. The molecule has 0 amide bonds. The summed E-state index contributed by atoms with van der Waals surface area (Å²) >= 11 is 1.83. The molecule has 0 bridgehead atoms. The molecular weight excluding hydrogens is 244 g/mol. The highest BCUT2D eigenvalue weighted by Crippen LogP contribution is 2.29. The van der Waals surface area contributed by atoms with Crippen LogP contribution < -0.4 is 10.2 Å². The summed E-state index contributed by atoms with van der Waals surface area (Å²) in [6.07, 6.45) is 4.61. The molecule has 1 unspecified atom stereocenters. The summed E-state index contributed by atoms with van der Waals surface area (Å²) in [5.74, 6) is 0. The largest absolute Gasteiger partial charge is 0.344 e. The SMILES string of the molecule is CCNCc1cnc(N2CCCC2CN(C)C)s1. The molecule has 1 aliphatic rings. The van der Waals surface area contributed by atoms with Crippen molar-refractivity contribution in [1.82, 2.24) is 15.2 Å². The first kappa shape index (κ1) is 13.8. The molecule has 0 aliphatic carbocycles. The van der Waals surface area contributed by atoms with Gasteiger partial charge in [-0.05, 0) is 33.5 Å². The Morgan fingerprint density at radius 2 is 2.39 bits per heavy atom. The number of likely N-dealkylation sites (N-methyl/N-ethyl adjacent to an activating group) is 1. The van der Waals surface area contributed by atoms with E-state index in [0.29, 0.717) is 6.04 Å². The van der Waals surface area contributed by atoms with Crippen LogP contribution in [0.4, 0.5) is 5.13 Å². The average Bonchev–Trinajstić information content (AvgIpc) is 2.93. The minimum absolute atomic E-state index is 0.637. The smallest absolute Gasteiger partial charge is 0.185 e. The number of aromatic nitrogens is 1. The van der Waals surface area contributed by atoms with Gasteiger partial charge in [0.2, 0.25) is 0 Å². The minimum atomic E-state index is 0.637. The van der Waals surface area contributed by atoms with Gasteiger partial charge in [0, 0.05) is 36.8 Å². The van der Waals surface area contributed by atoms with Crippen molar-refractivity contribution in [2.75, 3.05) is 38.6 Å². The fourth-order valence-electron chi connectivity index (χ4n) is 2.46. The highest BCUT2D eigenvalue weighted by atomic mass is 32.1. The molecule has 102 valence electrons. The van der Waals surface area contributed by atoms with Gasteiger partial charge in [0.1, 0.15) is 0 Å². The summed E-state index contributed by atoms with van der Waals surface area (Å²) < 4.78 is 0. The zero-order valence-corrected chi connectivity index (χ0v) is 12.5. The molecule has 0 spiro atoms. The highest BCUT2D eigenvalue weighted by Gasteiger charge is 2.27. The van der Waals surface area contributed by atoms with Crippen LogP contribution in [0.1, 0.15) is 24.6 Å². The van der Waals surface area contributed by atoms with Crippen molar-refractivity contribution in [2.24, 2.45) is 0 Å². The van der Waals surface area contributed by atoms with E-state index in [1.54, 1.807) is 0 Å². The predicted molar refractivity (Wildman–Crippen MR) is 78.4 cm³/mol. The van der Waals surface area contributed by atoms with E-state index in [2.05, 4.69) is 41.1 Å². The van der Waals surface area contributed by atoms with Gasteiger partial charge < -0.3 is 15.1 Å². The first-order valence-electron chi connectivity index (χ1n) is 6.77. The predicted octanol–water partition coefficient (Wildman–Crippen LogP) is 1.78. The van der Waals surface area contributed by atoms with Crippen molar-refractivity contribution in [2.45, 2.75) is 32.4 Å². The molecule has 1 N–H and O–H groups in total. The normalized spacial score (nSPS) is 20.0. The Bertz CT molecular complexity index is 364. The van der Waals surface area contributed by atoms with Crippen LogP contribution in [0.2, 0.25) is 0 Å². The van der Waals surface area contributed by atoms with E-state index in [0.717, 1.165) is 26.2 Å². The Kier molecular flexibility index (Phi) is 4.97. The second-order valence-electron chi connectivity index (χ2n) is 5.14. The number of thiazole rings is 1. The summed E-state index contributed by atoms with van der Waals surface area (Å²) in [5.41, 5.74) is 0. The molecule has 1 saturated heterocycles. The van der Waals surface area contributed by atoms with Gasteiger partial charge in [0.15, 0.2) is 5.13 Å². The Labute approximate surface area is 114 Å². The van der Waals surface area contributed by atoms with Crippen molar-refractivity contribution in [1.29, 1.82) is 0 Å². The molecule has 0 radical (unpaired) electrons. The third kappa shape index (κ3) is 3.43. The molecule has 2 rings (SSSR count). The van der Waals surface area contributed by atoms with E-state index in [1.165, 1.54) is 22.9 Å². The number of hydrogen-bond donors (Lipinski definition) is 1. The van der Waals surface area contributed by atoms with Gasteiger partial charge in [0.05, 0.1) is 0 Å². The van der Waals surface area contributed by atoms with Crippen LogP contribution in [0.15, 0.2) is 6.20 Å². The van der Waals surface area contributed by atoms with Crippen LogP contribution >= 0.6 is 11.3 Å². The highest BCUT2D eigenvalue weighted by molar-refractivity contribution is 7.15. The third-order valence-electron chi connectivity index (χ3n) is 3.29. The van der Waals surface area contributed by atoms with E-state index < -0.39 is 0 Å². The lowest BCUT2D eigenvalue weighted by molar-refractivity contribution is 0.372. The average molecular weight is 268 g/mol. The first-order chi connectivity index (χ1) is 8.70. The Morgan fingerprint density at radius 3 is 3.11 bits per heavy atom. The van der Waals surface area contributed by atoms with E-state index in [4.69, 9.17) is 0 Å². The Hall–Kier alpha value is -0.650. The van der Waals surface area contributed by atoms with Crippen LogP contribution in [-0.2, 0) is 6.54 Å². The minimum Gasteiger partial charge on any atom is -0.344 e.